The van der Waals surface area contributed by atoms with Crippen LogP contribution in [-0.4, -0.2) is 49.6 Å². The SMILES string of the molecule is CC(C)[Si]1(C(C)C)OC[C@H]2S[C@H](n3cnc(N)nc3=O)C[C@@H]2O[Si](C(C)C)(C(C)C)O1. The molecule has 2 fully saturated rings. The Balaban J connectivity index is 2.01. The van der Waals surface area contributed by atoms with Gasteiger partial charge in [-0.3, -0.25) is 4.57 Å². The van der Waals surface area contributed by atoms with Crippen LogP contribution in [0.2, 0.25) is 22.2 Å². The Hall–Kier alpha value is -0.726. The van der Waals surface area contributed by atoms with Crippen LogP contribution in [0.25, 0.3) is 0 Å². The zero-order chi connectivity index (χ0) is 23.1. The van der Waals surface area contributed by atoms with Gasteiger partial charge in [0.05, 0.1) is 23.3 Å². The van der Waals surface area contributed by atoms with Gasteiger partial charge in [0.1, 0.15) is 6.33 Å². The number of thioether (sulfide) groups is 1. The summed E-state index contributed by atoms with van der Waals surface area (Å²) < 4.78 is 22.7. The van der Waals surface area contributed by atoms with E-state index in [0.717, 1.165) is 0 Å². The third-order valence-electron chi connectivity index (χ3n) is 6.58. The van der Waals surface area contributed by atoms with E-state index in [1.807, 2.05) is 0 Å². The molecule has 8 nitrogen and oxygen atoms in total. The maximum Gasteiger partial charge on any atom is 0.353 e. The van der Waals surface area contributed by atoms with Gasteiger partial charge in [0.15, 0.2) is 0 Å². The lowest BCUT2D eigenvalue weighted by Crippen LogP contribution is -2.64. The van der Waals surface area contributed by atoms with Gasteiger partial charge in [-0.15, -0.1) is 11.8 Å². The third kappa shape index (κ3) is 4.54. The Morgan fingerprint density at radius 1 is 1.06 bits per heavy atom. The fourth-order valence-electron chi connectivity index (χ4n) is 4.86. The van der Waals surface area contributed by atoms with E-state index in [-0.39, 0.29) is 39.4 Å². The highest BCUT2D eigenvalue weighted by atomic mass is 32.2. The van der Waals surface area contributed by atoms with E-state index in [1.54, 1.807) is 16.3 Å². The van der Waals surface area contributed by atoms with Gasteiger partial charge in [-0.05, 0) is 22.2 Å². The first-order valence-electron chi connectivity index (χ1n) is 11.3. The summed E-state index contributed by atoms with van der Waals surface area (Å²) in [4.78, 5) is 20.3. The molecule has 0 aromatic carbocycles. The largest absolute Gasteiger partial charge is 0.414 e. The molecule has 0 saturated carbocycles. The number of rotatable bonds is 5. The van der Waals surface area contributed by atoms with Gasteiger partial charge in [0, 0.05) is 6.42 Å². The molecule has 3 heterocycles. The lowest BCUT2D eigenvalue weighted by Gasteiger charge is -2.51. The zero-order valence-corrected chi connectivity index (χ0v) is 22.8. The molecule has 2 aliphatic heterocycles. The Bertz CT molecular complexity index is 820. The van der Waals surface area contributed by atoms with E-state index >= 15 is 0 Å². The molecule has 0 bridgehead atoms. The molecule has 176 valence electrons. The molecule has 1 aromatic heterocycles. The molecule has 3 atom stereocenters. The van der Waals surface area contributed by atoms with Crippen molar-refractivity contribution in [1.29, 1.82) is 0 Å². The van der Waals surface area contributed by atoms with Gasteiger partial charge in [0.25, 0.3) is 0 Å². The molecule has 0 amide bonds. The number of nitrogens with two attached hydrogens (primary N) is 1. The van der Waals surface area contributed by atoms with Crippen molar-refractivity contribution in [2.24, 2.45) is 0 Å². The summed E-state index contributed by atoms with van der Waals surface area (Å²) in [5.41, 5.74) is 6.40. The van der Waals surface area contributed by atoms with Gasteiger partial charge in [-0.1, -0.05) is 55.4 Å². The molecule has 0 aliphatic carbocycles. The van der Waals surface area contributed by atoms with Gasteiger partial charge < -0.3 is 18.7 Å². The summed E-state index contributed by atoms with van der Waals surface area (Å²) in [6.45, 7) is 18.4. The third-order valence-corrected chi connectivity index (χ3v) is 18.4. The first-order chi connectivity index (χ1) is 14.4. The molecule has 11 heteroatoms. The Morgan fingerprint density at radius 2 is 1.65 bits per heavy atom. The highest BCUT2D eigenvalue weighted by Gasteiger charge is 2.59. The molecule has 31 heavy (non-hydrogen) atoms. The van der Waals surface area contributed by atoms with E-state index in [4.69, 9.17) is 18.7 Å². The van der Waals surface area contributed by atoms with Crippen molar-refractivity contribution >= 4 is 34.8 Å². The van der Waals surface area contributed by atoms with Crippen LogP contribution in [0, 0.1) is 0 Å². The van der Waals surface area contributed by atoms with Crippen LogP contribution in [-0.2, 0) is 13.0 Å². The fraction of sp³-hybridized carbons (Fsp3) is 0.850. The predicted molar refractivity (Wildman–Crippen MR) is 130 cm³/mol. The molecular weight excluding hydrogens is 448 g/mol. The number of hydrogen-bond donors (Lipinski definition) is 1. The second-order valence-corrected chi connectivity index (χ2v) is 20.2. The lowest BCUT2D eigenvalue weighted by atomic mass is 10.2. The van der Waals surface area contributed by atoms with Crippen LogP contribution < -0.4 is 11.4 Å². The highest BCUT2D eigenvalue weighted by Crippen LogP contribution is 2.51. The van der Waals surface area contributed by atoms with Crippen molar-refractivity contribution in [3.8, 4) is 0 Å². The minimum Gasteiger partial charge on any atom is -0.414 e. The molecule has 2 saturated heterocycles. The van der Waals surface area contributed by atoms with Gasteiger partial charge >= 0.3 is 22.8 Å². The first kappa shape index (κ1) is 24.9. The minimum atomic E-state index is -2.64. The fourth-order valence-corrected chi connectivity index (χ4v) is 17.8. The lowest BCUT2D eigenvalue weighted by molar-refractivity contribution is 0.0706. The average Bonchev–Trinajstić information content (AvgIpc) is 3.02. The van der Waals surface area contributed by atoms with Crippen molar-refractivity contribution in [3.63, 3.8) is 0 Å². The smallest absolute Gasteiger partial charge is 0.353 e. The van der Waals surface area contributed by atoms with Gasteiger partial charge in [-0.2, -0.15) is 4.98 Å². The minimum absolute atomic E-state index is 0.000984. The number of aromatic nitrogens is 3. The molecule has 3 rings (SSSR count). The van der Waals surface area contributed by atoms with Crippen LogP contribution in [0.5, 0.6) is 0 Å². The summed E-state index contributed by atoms with van der Waals surface area (Å²) in [7, 11) is -5.18. The highest BCUT2D eigenvalue weighted by molar-refractivity contribution is 8.00. The predicted octanol–water partition coefficient (Wildman–Crippen LogP) is 4.18. The summed E-state index contributed by atoms with van der Waals surface area (Å²) >= 11 is 1.72. The van der Waals surface area contributed by atoms with E-state index in [2.05, 4.69) is 65.4 Å². The molecular formula is C20H38N4O4SSi2. The maximum absolute atomic E-state index is 12.4. The summed E-state index contributed by atoms with van der Waals surface area (Å²) in [6.07, 6.45) is 2.15. The van der Waals surface area contributed by atoms with Crippen LogP contribution >= 0.6 is 11.8 Å². The van der Waals surface area contributed by atoms with Crippen LogP contribution in [0.3, 0.4) is 0 Å². The summed E-state index contributed by atoms with van der Waals surface area (Å²) in [5, 5.41) is 0.0251. The number of anilines is 1. The van der Waals surface area contributed by atoms with Crippen LogP contribution in [0.1, 0.15) is 67.2 Å². The quantitative estimate of drug-likeness (QED) is 0.619. The number of fused-ring (bicyclic) bond motifs is 1. The average molecular weight is 487 g/mol. The van der Waals surface area contributed by atoms with Gasteiger partial charge in [0.2, 0.25) is 5.95 Å². The maximum atomic E-state index is 12.4. The van der Waals surface area contributed by atoms with Crippen LogP contribution in [0.4, 0.5) is 5.95 Å². The molecule has 2 N–H and O–H groups in total. The Kier molecular flexibility index (Phi) is 7.44. The number of hydrogen-bond acceptors (Lipinski definition) is 8. The topological polar surface area (TPSA) is 101 Å². The standard InChI is InChI=1S/C20H38N4O4SSi2/c1-12(2)30(13(3)4)26-10-17-16(27-31(28-30,14(5)6)15(7)8)9-18(29-17)24-11-22-19(21)23-20(24)25/h11-18H,9-10H2,1-8H3,(H2,21,23,25)/t16-,17+,18-/m0/s1. The van der Waals surface area contributed by atoms with Crippen molar-refractivity contribution in [3.05, 3.63) is 16.8 Å². The number of nitrogen functional groups attached to an aromatic ring is 1. The molecule has 2 aliphatic rings. The molecule has 1 aromatic rings. The van der Waals surface area contributed by atoms with Crippen molar-refractivity contribution in [1.82, 2.24) is 14.5 Å². The van der Waals surface area contributed by atoms with E-state index in [0.29, 0.717) is 24.1 Å². The second kappa shape index (κ2) is 9.26. The second-order valence-electron chi connectivity index (χ2n) is 9.90. The summed E-state index contributed by atoms with van der Waals surface area (Å²) in [5.74, 6) is -0.000984. The van der Waals surface area contributed by atoms with E-state index in [9.17, 15) is 4.79 Å². The summed E-state index contributed by atoms with van der Waals surface area (Å²) in [6, 6.07) is 0. The zero-order valence-electron chi connectivity index (χ0n) is 20.0. The van der Waals surface area contributed by atoms with Crippen molar-refractivity contribution in [2.75, 3.05) is 12.3 Å². The molecule has 0 unspecified atom stereocenters. The molecule has 0 spiro atoms. The van der Waals surface area contributed by atoms with Crippen molar-refractivity contribution < 1.29 is 13.0 Å². The Labute approximate surface area is 192 Å². The molecule has 0 radical (unpaired) electrons. The number of nitrogens with zero attached hydrogens (tertiary/aromatic N) is 3. The van der Waals surface area contributed by atoms with Gasteiger partial charge in [-0.25, -0.2) is 9.78 Å². The normalized spacial score (nSPS) is 28.2. The van der Waals surface area contributed by atoms with Crippen LogP contribution in [0.15, 0.2) is 11.1 Å². The van der Waals surface area contributed by atoms with Crippen molar-refractivity contribution in [2.45, 2.75) is 101 Å². The first-order valence-corrected chi connectivity index (χ1v) is 16.2. The van der Waals surface area contributed by atoms with E-state index in [1.165, 1.54) is 6.33 Å². The monoisotopic (exact) mass is 486 g/mol. The Morgan fingerprint density at radius 3 is 2.16 bits per heavy atom. The van der Waals surface area contributed by atoms with E-state index < -0.39 is 17.1 Å².